The molecule has 1 heterocycles. The van der Waals surface area contributed by atoms with Crippen molar-refractivity contribution in [1.29, 1.82) is 5.26 Å². The summed E-state index contributed by atoms with van der Waals surface area (Å²) in [6.45, 7) is 3.03. The maximum atomic E-state index is 9.63. The van der Waals surface area contributed by atoms with Gasteiger partial charge in [-0.25, -0.2) is 0 Å². The monoisotopic (exact) mass is 248 g/mol. The lowest BCUT2D eigenvalue weighted by Gasteiger charge is -2.39. The summed E-state index contributed by atoms with van der Waals surface area (Å²) in [6.07, 6.45) is 1.99. The molecule has 0 N–H and O–H groups in total. The van der Waals surface area contributed by atoms with E-state index in [2.05, 4.69) is 11.0 Å². The van der Waals surface area contributed by atoms with Gasteiger partial charge in [0.05, 0.1) is 13.2 Å². The molecule has 1 aliphatic heterocycles. The SMILES string of the molecule is CSC(C#N)(c1ccccc1)N1CCOCC1. The Morgan fingerprint density at radius 2 is 1.94 bits per heavy atom. The second-order valence-electron chi connectivity index (χ2n) is 3.93. The highest BCUT2D eigenvalue weighted by Crippen LogP contribution is 2.38. The molecular formula is C13H16N2OS. The fourth-order valence-electron chi connectivity index (χ4n) is 2.15. The summed E-state index contributed by atoms with van der Waals surface area (Å²) in [5.41, 5.74) is 1.05. The van der Waals surface area contributed by atoms with E-state index in [1.54, 1.807) is 11.8 Å². The van der Waals surface area contributed by atoms with E-state index in [1.807, 2.05) is 36.6 Å². The number of hydrogen-bond donors (Lipinski definition) is 0. The highest BCUT2D eigenvalue weighted by atomic mass is 32.2. The molecule has 2 rings (SSSR count). The average molecular weight is 248 g/mol. The number of thioether (sulfide) groups is 1. The minimum absolute atomic E-state index is 0.578. The Morgan fingerprint density at radius 3 is 2.47 bits per heavy atom. The molecule has 0 aromatic heterocycles. The quantitative estimate of drug-likeness (QED) is 0.820. The van der Waals surface area contributed by atoms with Gasteiger partial charge in [-0.2, -0.15) is 5.26 Å². The van der Waals surface area contributed by atoms with Crippen molar-refractivity contribution in [3.8, 4) is 6.07 Å². The summed E-state index contributed by atoms with van der Waals surface area (Å²) in [7, 11) is 0. The van der Waals surface area contributed by atoms with Gasteiger partial charge in [-0.3, -0.25) is 4.90 Å². The van der Waals surface area contributed by atoms with Gasteiger partial charge in [0.15, 0.2) is 4.87 Å². The van der Waals surface area contributed by atoms with Crippen LogP contribution in [0.3, 0.4) is 0 Å². The van der Waals surface area contributed by atoms with Gasteiger partial charge in [0.2, 0.25) is 0 Å². The van der Waals surface area contributed by atoms with Crippen molar-refractivity contribution < 1.29 is 4.74 Å². The molecule has 0 radical (unpaired) electrons. The Morgan fingerprint density at radius 1 is 1.29 bits per heavy atom. The van der Waals surface area contributed by atoms with Gasteiger partial charge in [-0.15, -0.1) is 11.8 Å². The number of hydrogen-bond acceptors (Lipinski definition) is 4. The van der Waals surface area contributed by atoms with E-state index in [0.29, 0.717) is 13.2 Å². The van der Waals surface area contributed by atoms with E-state index >= 15 is 0 Å². The molecule has 1 unspecified atom stereocenters. The maximum Gasteiger partial charge on any atom is 0.181 e. The maximum absolute atomic E-state index is 9.63. The Bertz CT molecular complexity index is 398. The zero-order valence-electron chi connectivity index (χ0n) is 9.93. The third kappa shape index (κ3) is 2.32. The van der Waals surface area contributed by atoms with Crippen LogP contribution in [0.25, 0.3) is 0 Å². The lowest BCUT2D eigenvalue weighted by Crippen LogP contribution is -2.48. The normalized spacial score (nSPS) is 20.5. The second kappa shape index (κ2) is 5.54. The van der Waals surface area contributed by atoms with Crippen molar-refractivity contribution in [3.05, 3.63) is 35.9 Å². The van der Waals surface area contributed by atoms with Crippen LogP contribution in [0.4, 0.5) is 0 Å². The molecule has 17 heavy (non-hydrogen) atoms. The van der Waals surface area contributed by atoms with Crippen LogP contribution in [-0.4, -0.2) is 37.5 Å². The summed E-state index contributed by atoms with van der Waals surface area (Å²) in [5.74, 6) is 0. The molecule has 3 nitrogen and oxygen atoms in total. The van der Waals surface area contributed by atoms with Crippen LogP contribution in [0.5, 0.6) is 0 Å². The Balaban J connectivity index is 2.35. The number of benzene rings is 1. The molecule has 0 aliphatic carbocycles. The first-order chi connectivity index (χ1) is 8.33. The van der Waals surface area contributed by atoms with Crippen LogP contribution < -0.4 is 0 Å². The van der Waals surface area contributed by atoms with E-state index in [0.717, 1.165) is 18.7 Å². The van der Waals surface area contributed by atoms with Crippen molar-refractivity contribution >= 4 is 11.8 Å². The second-order valence-corrected chi connectivity index (χ2v) is 4.92. The lowest BCUT2D eigenvalue weighted by atomic mass is 10.1. The zero-order chi connectivity index (χ0) is 12.1. The van der Waals surface area contributed by atoms with Crippen molar-refractivity contribution in [2.75, 3.05) is 32.6 Å². The smallest absolute Gasteiger partial charge is 0.181 e. The number of morpholine rings is 1. The standard InChI is InChI=1S/C13H16N2OS/c1-17-13(11-14,12-5-3-2-4-6-12)15-7-9-16-10-8-15/h2-6H,7-10H2,1H3. The van der Waals surface area contributed by atoms with Crippen LogP contribution in [0.2, 0.25) is 0 Å². The molecule has 1 saturated heterocycles. The molecule has 0 amide bonds. The Kier molecular flexibility index (Phi) is 4.06. The van der Waals surface area contributed by atoms with Gasteiger partial charge in [0, 0.05) is 13.1 Å². The van der Waals surface area contributed by atoms with Crippen LogP contribution in [0.15, 0.2) is 30.3 Å². The third-order valence-corrected chi connectivity index (χ3v) is 4.24. The summed E-state index contributed by atoms with van der Waals surface area (Å²) >= 11 is 1.59. The van der Waals surface area contributed by atoms with Gasteiger partial charge in [-0.05, 0) is 11.8 Å². The molecular weight excluding hydrogens is 232 g/mol. The first kappa shape index (κ1) is 12.4. The third-order valence-electron chi connectivity index (χ3n) is 3.07. The molecule has 0 spiro atoms. The summed E-state index contributed by atoms with van der Waals surface area (Å²) in [4.78, 5) is 1.63. The minimum Gasteiger partial charge on any atom is -0.379 e. The van der Waals surface area contributed by atoms with Gasteiger partial charge in [0.25, 0.3) is 0 Å². The van der Waals surface area contributed by atoms with E-state index in [9.17, 15) is 5.26 Å². The van der Waals surface area contributed by atoms with Crippen LogP contribution >= 0.6 is 11.8 Å². The van der Waals surface area contributed by atoms with Crippen molar-refractivity contribution in [2.45, 2.75) is 4.87 Å². The predicted octanol–water partition coefficient (Wildman–Crippen LogP) is 2.06. The van der Waals surface area contributed by atoms with Crippen LogP contribution in [0.1, 0.15) is 5.56 Å². The number of rotatable bonds is 3. The van der Waals surface area contributed by atoms with Gasteiger partial charge < -0.3 is 4.74 Å². The molecule has 1 aromatic rings. The van der Waals surface area contributed by atoms with Gasteiger partial charge in [0.1, 0.15) is 6.07 Å². The molecule has 1 atom stereocenters. The average Bonchev–Trinajstić information content (AvgIpc) is 2.43. The summed E-state index contributed by atoms with van der Waals surface area (Å²) in [5, 5.41) is 9.63. The van der Waals surface area contributed by atoms with Crippen molar-refractivity contribution in [3.63, 3.8) is 0 Å². The highest BCUT2D eigenvalue weighted by molar-refractivity contribution is 7.99. The van der Waals surface area contributed by atoms with E-state index < -0.39 is 4.87 Å². The molecule has 4 heteroatoms. The number of nitrogens with zero attached hydrogens (tertiary/aromatic N) is 2. The topological polar surface area (TPSA) is 36.3 Å². The molecule has 1 fully saturated rings. The molecule has 1 aliphatic rings. The van der Waals surface area contributed by atoms with E-state index in [-0.39, 0.29) is 0 Å². The zero-order valence-corrected chi connectivity index (χ0v) is 10.7. The van der Waals surface area contributed by atoms with Gasteiger partial charge in [-0.1, -0.05) is 30.3 Å². The fourth-order valence-corrected chi connectivity index (χ4v) is 3.06. The largest absolute Gasteiger partial charge is 0.379 e. The van der Waals surface area contributed by atoms with Crippen LogP contribution in [-0.2, 0) is 9.61 Å². The Hall–Kier alpha value is -1.02. The Labute approximate surface area is 106 Å². The highest BCUT2D eigenvalue weighted by Gasteiger charge is 2.38. The van der Waals surface area contributed by atoms with Crippen molar-refractivity contribution in [1.82, 2.24) is 4.90 Å². The summed E-state index contributed by atoms with van der Waals surface area (Å²) < 4.78 is 5.36. The minimum atomic E-state index is -0.578. The molecule has 0 bridgehead atoms. The van der Waals surface area contributed by atoms with E-state index in [4.69, 9.17) is 4.74 Å². The first-order valence-corrected chi connectivity index (χ1v) is 6.90. The number of ether oxygens (including phenoxy) is 1. The lowest BCUT2D eigenvalue weighted by molar-refractivity contribution is 0.0190. The summed E-state index contributed by atoms with van der Waals surface area (Å²) in [6, 6.07) is 12.5. The predicted molar refractivity (Wildman–Crippen MR) is 69.6 cm³/mol. The van der Waals surface area contributed by atoms with Crippen molar-refractivity contribution in [2.24, 2.45) is 0 Å². The van der Waals surface area contributed by atoms with Gasteiger partial charge >= 0.3 is 0 Å². The van der Waals surface area contributed by atoms with Crippen LogP contribution in [0, 0.1) is 11.3 Å². The molecule has 1 aromatic carbocycles. The molecule has 90 valence electrons. The number of nitriles is 1. The molecule has 0 saturated carbocycles. The first-order valence-electron chi connectivity index (χ1n) is 5.68. The van der Waals surface area contributed by atoms with E-state index in [1.165, 1.54) is 0 Å². The fraction of sp³-hybridized carbons (Fsp3) is 0.462.